The highest BCUT2D eigenvalue weighted by molar-refractivity contribution is 7.93. The maximum Gasteiger partial charge on any atom is 0.235 e. The highest BCUT2D eigenvalue weighted by Crippen LogP contribution is 2.19. The van der Waals surface area contributed by atoms with E-state index in [0.717, 1.165) is 25.1 Å². The van der Waals surface area contributed by atoms with Crippen LogP contribution in [0.5, 0.6) is 0 Å². The molecule has 1 aliphatic rings. The zero-order valence-corrected chi connectivity index (χ0v) is 13.3. The third kappa shape index (κ3) is 4.98. The first-order valence-corrected chi connectivity index (χ1v) is 9.05. The van der Waals surface area contributed by atoms with Crippen LogP contribution < -0.4 is 10.0 Å². The van der Waals surface area contributed by atoms with Gasteiger partial charge in [-0.15, -0.1) is 0 Å². The van der Waals surface area contributed by atoms with Crippen LogP contribution in [-0.4, -0.2) is 33.4 Å². The first-order chi connectivity index (χ1) is 10.1. The van der Waals surface area contributed by atoms with E-state index < -0.39 is 10.0 Å². The molecule has 1 aliphatic heterocycles. The Kier molecular flexibility index (Phi) is 6.02. The molecule has 0 atom stereocenters. The fraction of sp³-hybridized carbons (Fsp3) is 0.600. The molecule has 21 heavy (non-hydrogen) atoms. The molecule has 0 amide bonds. The minimum atomic E-state index is -3.32. The number of rotatable bonds is 7. The Hall–Kier alpha value is -1.11. The summed E-state index contributed by atoms with van der Waals surface area (Å²) in [6, 6.07) is 7.54. The quantitative estimate of drug-likeness (QED) is 0.757. The Labute approximate surface area is 127 Å². The lowest BCUT2D eigenvalue weighted by molar-refractivity contribution is 0.0984. The normalized spacial score (nSPS) is 16.8. The lowest BCUT2D eigenvalue weighted by Crippen LogP contribution is -2.33. The molecular weight excluding hydrogens is 288 g/mol. The number of anilines is 1. The van der Waals surface area contributed by atoms with Crippen LogP contribution in [0.4, 0.5) is 5.69 Å². The molecule has 1 heterocycles. The van der Waals surface area contributed by atoms with Gasteiger partial charge in [-0.3, -0.25) is 4.72 Å². The summed E-state index contributed by atoms with van der Waals surface area (Å²) in [5.41, 5.74) is 1.78. The van der Waals surface area contributed by atoms with Crippen molar-refractivity contribution < 1.29 is 13.2 Å². The van der Waals surface area contributed by atoms with Gasteiger partial charge in [0.15, 0.2) is 0 Å². The summed E-state index contributed by atoms with van der Waals surface area (Å²) in [4.78, 5) is 0. The first kappa shape index (κ1) is 16.3. The van der Waals surface area contributed by atoms with E-state index in [2.05, 4.69) is 17.0 Å². The molecule has 6 heteroatoms. The van der Waals surface area contributed by atoms with Crippen molar-refractivity contribution in [3.63, 3.8) is 0 Å². The molecule has 0 spiro atoms. The van der Waals surface area contributed by atoms with Gasteiger partial charge in [-0.25, -0.2) is 8.42 Å². The molecule has 1 saturated heterocycles. The minimum Gasteiger partial charge on any atom is -0.381 e. The summed E-state index contributed by atoms with van der Waals surface area (Å²) in [7, 11) is -3.32. The second kappa shape index (κ2) is 7.77. The molecule has 0 saturated carbocycles. The van der Waals surface area contributed by atoms with Gasteiger partial charge < -0.3 is 10.1 Å². The molecular formula is C15H24N2O3S. The van der Waals surface area contributed by atoms with E-state index in [4.69, 9.17) is 4.74 Å². The fourth-order valence-electron chi connectivity index (χ4n) is 2.33. The van der Waals surface area contributed by atoms with Gasteiger partial charge in [-0.05, 0) is 43.5 Å². The third-order valence-corrected chi connectivity index (χ3v) is 5.45. The van der Waals surface area contributed by atoms with Crippen molar-refractivity contribution >= 4 is 15.7 Å². The van der Waals surface area contributed by atoms with E-state index in [-0.39, 0.29) is 5.25 Å². The van der Waals surface area contributed by atoms with E-state index in [1.807, 2.05) is 24.3 Å². The molecule has 0 unspecified atom stereocenters. The molecule has 5 nitrogen and oxygen atoms in total. The second-order valence-corrected chi connectivity index (χ2v) is 7.29. The zero-order chi connectivity index (χ0) is 15.1. The van der Waals surface area contributed by atoms with Crippen molar-refractivity contribution in [1.82, 2.24) is 5.32 Å². The number of hydrogen-bond acceptors (Lipinski definition) is 4. The summed E-state index contributed by atoms with van der Waals surface area (Å²) in [6.45, 7) is 4.96. The molecule has 118 valence electrons. The van der Waals surface area contributed by atoms with Gasteiger partial charge in [0, 0.05) is 25.4 Å². The van der Waals surface area contributed by atoms with Crippen LogP contribution >= 0.6 is 0 Å². The van der Waals surface area contributed by atoms with Crippen LogP contribution in [0.2, 0.25) is 0 Å². The van der Waals surface area contributed by atoms with E-state index in [9.17, 15) is 8.42 Å². The lowest BCUT2D eigenvalue weighted by Gasteiger charge is -2.22. The van der Waals surface area contributed by atoms with Gasteiger partial charge in [-0.1, -0.05) is 19.1 Å². The number of hydrogen-bond donors (Lipinski definition) is 2. The molecule has 1 aromatic carbocycles. The Morgan fingerprint density at radius 3 is 2.48 bits per heavy atom. The SMILES string of the molecule is CCCNCc1ccc(NS(=O)(=O)C2CCOCC2)cc1. The molecule has 1 fully saturated rings. The molecule has 2 rings (SSSR count). The van der Waals surface area contributed by atoms with Crippen molar-refractivity contribution in [2.24, 2.45) is 0 Å². The van der Waals surface area contributed by atoms with Crippen molar-refractivity contribution in [1.29, 1.82) is 0 Å². The van der Waals surface area contributed by atoms with Crippen LogP contribution in [0.3, 0.4) is 0 Å². The fourth-order valence-corrected chi connectivity index (χ4v) is 3.78. The van der Waals surface area contributed by atoms with Crippen LogP contribution in [0, 0.1) is 0 Å². The summed E-state index contributed by atoms with van der Waals surface area (Å²) >= 11 is 0. The van der Waals surface area contributed by atoms with Crippen molar-refractivity contribution in [3.05, 3.63) is 29.8 Å². The van der Waals surface area contributed by atoms with Gasteiger partial charge >= 0.3 is 0 Å². The highest BCUT2D eigenvalue weighted by atomic mass is 32.2. The number of ether oxygens (including phenoxy) is 1. The topological polar surface area (TPSA) is 67.4 Å². The number of nitrogens with one attached hydrogen (secondary N) is 2. The predicted octanol–water partition coefficient (Wildman–Crippen LogP) is 2.11. The average Bonchev–Trinajstić information content (AvgIpc) is 2.50. The highest BCUT2D eigenvalue weighted by Gasteiger charge is 2.27. The monoisotopic (exact) mass is 312 g/mol. The standard InChI is InChI=1S/C15H24N2O3S/c1-2-9-16-12-13-3-5-14(6-4-13)17-21(18,19)15-7-10-20-11-8-15/h3-6,15-17H,2,7-12H2,1H3. The van der Waals surface area contributed by atoms with Crippen LogP contribution in [0.1, 0.15) is 31.7 Å². The third-order valence-electron chi connectivity index (χ3n) is 3.58. The molecule has 0 aromatic heterocycles. The van der Waals surface area contributed by atoms with Gasteiger partial charge in [0.1, 0.15) is 0 Å². The molecule has 0 bridgehead atoms. The molecule has 2 N–H and O–H groups in total. The van der Waals surface area contributed by atoms with Crippen LogP contribution in [0.15, 0.2) is 24.3 Å². The van der Waals surface area contributed by atoms with Gasteiger partial charge in [0.05, 0.1) is 5.25 Å². The first-order valence-electron chi connectivity index (χ1n) is 7.51. The average molecular weight is 312 g/mol. The summed E-state index contributed by atoms with van der Waals surface area (Å²) < 4.78 is 32.4. The largest absolute Gasteiger partial charge is 0.381 e. The smallest absolute Gasteiger partial charge is 0.235 e. The predicted molar refractivity (Wildman–Crippen MR) is 84.8 cm³/mol. The second-order valence-electron chi connectivity index (χ2n) is 5.33. The van der Waals surface area contributed by atoms with Crippen molar-refractivity contribution in [2.75, 3.05) is 24.5 Å². The van der Waals surface area contributed by atoms with E-state index in [1.165, 1.54) is 0 Å². The molecule has 1 aromatic rings. The van der Waals surface area contributed by atoms with Crippen LogP contribution in [-0.2, 0) is 21.3 Å². The van der Waals surface area contributed by atoms with Crippen molar-refractivity contribution in [3.8, 4) is 0 Å². The number of sulfonamides is 1. The Balaban J connectivity index is 1.92. The van der Waals surface area contributed by atoms with Crippen molar-refractivity contribution in [2.45, 2.75) is 38.0 Å². The maximum absolute atomic E-state index is 12.3. The van der Waals surface area contributed by atoms with E-state index in [1.54, 1.807) is 0 Å². The lowest BCUT2D eigenvalue weighted by atomic mass is 10.2. The summed E-state index contributed by atoms with van der Waals surface area (Å²) in [5.74, 6) is 0. The Bertz CT molecular complexity index is 522. The number of benzene rings is 1. The maximum atomic E-state index is 12.3. The van der Waals surface area contributed by atoms with Gasteiger partial charge in [0.25, 0.3) is 0 Å². The van der Waals surface area contributed by atoms with E-state index in [0.29, 0.717) is 31.7 Å². The Morgan fingerprint density at radius 2 is 1.86 bits per heavy atom. The van der Waals surface area contributed by atoms with Gasteiger partial charge in [-0.2, -0.15) is 0 Å². The minimum absolute atomic E-state index is 0.350. The summed E-state index contributed by atoms with van der Waals surface area (Å²) in [6.07, 6.45) is 2.23. The zero-order valence-electron chi connectivity index (χ0n) is 12.5. The van der Waals surface area contributed by atoms with Crippen LogP contribution in [0.25, 0.3) is 0 Å². The molecule has 0 radical (unpaired) electrons. The Morgan fingerprint density at radius 1 is 1.19 bits per heavy atom. The van der Waals surface area contributed by atoms with E-state index >= 15 is 0 Å². The van der Waals surface area contributed by atoms with Gasteiger partial charge in [0.2, 0.25) is 10.0 Å². The summed E-state index contributed by atoms with van der Waals surface area (Å²) in [5, 5.41) is 2.97. The molecule has 0 aliphatic carbocycles.